The van der Waals surface area contributed by atoms with Crippen LogP contribution in [0.4, 0.5) is 11.4 Å². The summed E-state index contributed by atoms with van der Waals surface area (Å²) in [4.78, 5) is 26.0. The first kappa shape index (κ1) is 17.3. The van der Waals surface area contributed by atoms with Crippen molar-refractivity contribution in [2.45, 2.75) is 41.0 Å². The predicted octanol–water partition coefficient (Wildman–Crippen LogP) is 3.44. The van der Waals surface area contributed by atoms with Gasteiger partial charge in [0.25, 0.3) is 0 Å². The summed E-state index contributed by atoms with van der Waals surface area (Å²) in [5.41, 5.74) is 0.818. The van der Waals surface area contributed by atoms with Crippen molar-refractivity contribution < 1.29 is 14.3 Å². The standard InChI is InChI=1S/C18H26N2O3/c1-12(2)8-9-20-15-10-14(19-13(3)21)6-7-16(15)23-11-18(4,5)17(20)22/h6-7,10,12H,8-9,11H2,1-5H3,(H,19,21). The number of fused-ring (bicyclic) bond motifs is 1. The van der Waals surface area contributed by atoms with Gasteiger partial charge in [-0.3, -0.25) is 9.59 Å². The Balaban J connectivity index is 2.42. The van der Waals surface area contributed by atoms with Gasteiger partial charge in [-0.2, -0.15) is 0 Å². The third-order valence-corrected chi connectivity index (χ3v) is 3.91. The average Bonchev–Trinajstić information content (AvgIpc) is 2.53. The smallest absolute Gasteiger partial charge is 0.236 e. The quantitative estimate of drug-likeness (QED) is 0.925. The van der Waals surface area contributed by atoms with Crippen molar-refractivity contribution in [2.75, 3.05) is 23.4 Å². The third kappa shape index (κ3) is 4.03. The zero-order chi connectivity index (χ0) is 17.2. The lowest BCUT2D eigenvalue weighted by atomic mass is 9.92. The van der Waals surface area contributed by atoms with Crippen LogP contribution in [0.5, 0.6) is 5.75 Å². The minimum Gasteiger partial charge on any atom is -0.490 e. The number of rotatable bonds is 4. The molecule has 1 aliphatic rings. The molecule has 0 unspecified atom stereocenters. The molecule has 5 heteroatoms. The maximum atomic E-state index is 12.9. The molecule has 0 aliphatic carbocycles. The molecular formula is C18H26N2O3. The molecule has 23 heavy (non-hydrogen) atoms. The summed E-state index contributed by atoms with van der Waals surface area (Å²) < 4.78 is 5.86. The Hall–Kier alpha value is -2.04. The summed E-state index contributed by atoms with van der Waals surface area (Å²) in [6.45, 7) is 10.5. The van der Waals surface area contributed by atoms with E-state index in [0.29, 0.717) is 30.5 Å². The molecule has 1 aromatic rings. The molecule has 0 aromatic heterocycles. The highest BCUT2D eigenvalue weighted by molar-refractivity contribution is 6.00. The van der Waals surface area contributed by atoms with Crippen LogP contribution in [0.25, 0.3) is 0 Å². The number of carbonyl (C=O) groups is 2. The van der Waals surface area contributed by atoms with Crippen molar-refractivity contribution in [2.24, 2.45) is 11.3 Å². The number of carbonyl (C=O) groups excluding carboxylic acids is 2. The van der Waals surface area contributed by atoms with Crippen LogP contribution in [0.3, 0.4) is 0 Å². The molecule has 0 saturated carbocycles. The molecule has 1 N–H and O–H groups in total. The van der Waals surface area contributed by atoms with E-state index in [-0.39, 0.29) is 11.8 Å². The summed E-state index contributed by atoms with van der Waals surface area (Å²) in [6, 6.07) is 5.43. The molecule has 0 bridgehead atoms. The van der Waals surface area contributed by atoms with Crippen molar-refractivity contribution >= 4 is 23.2 Å². The summed E-state index contributed by atoms with van der Waals surface area (Å²) in [6.07, 6.45) is 0.908. The van der Waals surface area contributed by atoms with Gasteiger partial charge >= 0.3 is 0 Å². The second kappa shape index (κ2) is 6.60. The lowest BCUT2D eigenvalue weighted by Crippen LogP contribution is -2.42. The highest BCUT2D eigenvalue weighted by Gasteiger charge is 2.37. The van der Waals surface area contributed by atoms with E-state index >= 15 is 0 Å². The van der Waals surface area contributed by atoms with Crippen LogP contribution in [-0.2, 0) is 9.59 Å². The first-order chi connectivity index (χ1) is 10.7. The highest BCUT2D eigenvalue weighted by atomic mass is 16.5. The van der Waals surface area contributed by atoms with E-state index in [2.05, 4.69) is 19.2 Å². The van der Waals surface area contributed by atoms with Gasteiger partial charge in [-0.05, 0) is 44.4 Å². The lowest BCUT2D eigenvalue weighted by Gasteiger charge is -2.28. The fraction of sp³-hybridized carbons (Fsp3) is 0.556. The Bertz CT molecular complexity index is 608. The van der Waals surface area contributed by atoms with Crippen LogP contribution in [0.15, 0.2) is 18.2 Å². The maximum absolute atomic E-state index is 12.9. The lowest BCUT2D eigenvalue weighted by molar-refractivity contribution is -0.127. The number of amides is 2. The van der Waals surface area contributed by atoms with Gasteiger partial charge in [-0.15, -0.1) is 0 Å². The number of anilines is 2. The fourth-order valence-electron chi connectivity index (χ4n) is 2.54. The monoisotopic (exact) mass is 318 g/mol. The zero-order valence-electron chi connectivity index (χ0n) is 14.6. The Kier molecular flexibility index (Phi) is 4.97. The Morgan fingerprint density at radius 3 is 2.70 bits per heavy atom. The molecule has 1 heterocycles. The number of hydrogen-bond acceptors (Lipinski definition) is 3. The van der Waals surface area contributed by atoms with Crippen molar-refractivity contribution in [3.8, 4) is 5.75 Å². The van der Waals surface area contributed by atoms with E-state index in [9.17, 15) is 9.59 Å². The van der Waals surface area contributed by atoms with Crippen LogP contribution < -0.4 is 15.0 Å². The molecule has 2 rings (SSSR count). The predicted molar refractivity (Wildman–Crippen MR) is 91.8 cm³/mol. The first-order valence-corrected chi connectivity index (χ1v) is 8.07. The SMILES string of the molecule is CC(=O)Nc1ccc2c(c1)N(CCC(C)C)C(=O)C(C)(C)CO2. The third-order valence-electron chi connectivity index (χ3n) is 3.91. The minimum absolute atomic E-state index is 0.0527. The summed E-state index contributed by atoms with van der Waals surface area (Å²) in [7, 11) is 0. The number of ether oxygens (including phenoxy) is 1. The van der Waals surface area contributed by atoms with E-state index in [1.54, 1.807) is 11.0 Å². The van der Waals surface area contributed by atoms with Crippen LogP contribution in [0, 0.1) is 11.3 Å². The number of nitrogens with one attached hydrogen (secondary N) is 1. The second-order valence-corrected chi connectivity index (χ2v) is 7.18. The van der Waals surface area contributed by atoms with Gasteiger partial charge < -0.3 is 15.0 Å². The molecule has 1 aromatic carbocycles. The minimum atomic E-state index is -0.579. The van der Waals surface area contributed by atoms with E-state index in [4.69, 9.17) is 4.74 Å². The van der Waals surface area contributed by atoms with E-state index in [0.717, 1.165) is 12.1 Å². The van der Waals surface area contributed by atoms with Gasteiger partial charge in [0.05, 0.1) is 11.1 Å². The molecule has 1 aliphatic heterocycles. The molecule has 0 fully saturated rings. The Morgan fingerprint density at radius 2 is 2.09 bits per heavy atom. The molecule has 0 atom stereocenters. The van der Waals surface area contributed by atoms with Crippen LogP contribution in [0.1, 0.15) is 41.0 Å². The Labute approximate surface area is 138 Å². The number of hydrogen-bond donors (Lipinski definition) is 1. The van der Waals surface area contributed by atoms with Gasteiger partial charge in [0.15, 0.2) is 0 Å². The fourth-order valence-corrected chi connectivity index (χ4v) is 2.54. The van der Waals surface area contributed by atoms with Crippen LogP contribution in [-0.4, -0.2) is 25.0 Å². The van der Waals surface area contributed by atoms with Crippen molar-refractivity contribution in [3.63, 3.8) is 0 Å². The topological polar surface area (TPSA) is 58.6 Å². The molecule has 0 saturated heterocycles. The largest absolute Gasteiger partial charge is 0.490 e. The van der Waals surface area contributed by atoms with Gasteiger partial charge in [0.2, 0.25) is 11.8 Å². The van der Waals surface area contributed by atoms with E-state index in [1.165, 1.54) is 6.92 Å². The molecule has 2 amide bonds. The number of nitrogens with zero attached hydrogens (tertiary/aromatic N) is 1. The van der Waals surface area contributed by atoms with E-state index in [1.807, 2.05) is 26.0 Å². The number of benzene rings is 1. The van der Waals surface area contributed by atoms with Crippen LogP contribution >= 0.6 is 0 Å². The average molecular weight is 318 g/mol. The zero-order valence-corrected chi connectivity index (χ0v) is 14.6. The van der Waals surface area contributed by atoms with Gasteiger partial charge in [0, 0.05) is 19.2 Å². The van der Waals surface area contributed by atoms with Crippen molar-refractivity contribution in [3.05, 3.63) is 18.2 Å². The normalized spacial score (nSPS) is 16.6. The molecule has 0 radical (unpaired) electrons. The first-order valence-electron chi connectivity index (χ1n) is 8.07. The second-order valence-electron chi connectivity index (χ2n) is 7.18. The molecule has 5 nitrogen and oxygen atoms in total. The maximum Gasteiger partial charge on any atom is 0.236 e. The van der Waals surface area contributed by atoms with E-state index < -0.39 is 5.41 Å². The molecule has 126 valence electrons. The van der Waals surface area contributed by atoms with Crippen molar-refractivity contribution in [1.82, 2.24) is 0 Å². The molecule has 0 spiro atoms. The summed E-state index contributed by atoms with van der Waals surface area (Å²) in [5.74, 6) is 1.09. The highest BCUT2D eigenvalue weighted by Crippen LogP contribution is 2.38. The van der Waals surface area contributed by atoms with Crippen molar-refractivity contribution in [1.29, 1.82) is 0 Å². The van der Waals surface area contributed by atoms with Gasteiger partial charge in [-0.1, -0.05) is 13.8 Å². The van der Waals surface area contributed by atoms with Gasteiger partial charge in [-0.25, -0.2) is 0 Å². The Morgan fingerprint density at radius 1 is 1.39 bits per heavy atom. The van der Waals surface area contributed by atoms with Crippen LogP contribution in [0.2, 0.25) is 0 Å². The summed E-state index contributed by atoms with van der Waals surface area (Å²) >= 11 is 0. The molecular weight excluding hydrogens is 292 g/mol. The van der Waals surface area contributed by atoms with Gasteiger partial charge in [0.1, 0.15) is 12.4 Å². The summed E-state index contributed by atoms with van der Waals surface area (Å²) in [5, 5.41) is 2.76.